The number of nitrogens with one attached hydrogen (secondary N) is 2. The number of aryl methyl sites for hydroxylation is 1. The molecule has 8 heteroatoms. The summed E-state index contributed by atoms with van der Waals surface area (Å²) in [6, 6.07) is 6.39. The summed E-state index contributed by atoms with van der Waals surface area (Å²) in [5, 5.41) is 6.64. The van der Waals surface area contributed by atoms with E-state index in [0.29, 0.717) is 23.5 Å². The molecule has 0 aromatic heterocycles. The standard InChI is InChI=1S/C20H36N4O2S.HI/c1-8-21-20(22-11-12-24(15(2)3)16(4)5)23-14-18-9-10-19(17(6)13-18)27(7,25)26;/h9-10,13,15-16H,8,11-12,14H2,1-7H3,(H2,21,22,23);1H. The van der Waals surface area contributed by atoms with Crippen LogP contribution in [0.4, 0.5) is 0 Å². The highest BCUT2D eigenvalue weighted by atomic mass is 127. The van der Waals surface area contributed by atoms with Gasteiger partial charge in [0.15, 0.2) is 15.8 Å². The van der Waals surface area contributed by atoms with E-state index in [2.05, 4.69) is 48.2 Å². The van der Waals surface area contributed by atoms with Crippen LogP contribution in [0.1, 0.15) is 45.7 Å². The first-order valence-corrected chi connectivity index (χ1v) is 11.5. The molecule has 28 heavy (non-hydrogen) atoms. The zero-order chi connectivity index (χ0) is 20.6. The molecule has 6 nitrogen and oxygen atoms in total. The SMILES string of the molecule is CCNC(=NCc1ccc(S(C)(=O)=O)c(C)c1)NCCN(C(C)C)C(C)C.I. The molecule has 0 aliphatic carbocycles. The van der Waals surface area contributed by atoms with Crippen LogP contribution in [-0.2, 0) is 16.4 Å². The maximum atomic E-state index is 11.7. The summed E-state index contributed by atoms with van der Waals surface area (Å²) in [6.45, 7) is 15.7. The molecule has 0 aliphatic heterocycles. The third-order valence-electron chi connectivity index (χ3n) is 4.39. The molecular formula is C20H37IN4O2S. The Morgan fingerprint density at radius 2 is 1.75 bits per heavy atom. The van der Waals surface area contributed by atoms with E-state index in [-0.39, 0.29) is 24.0 Å². The third-order valence-corrected chi connectivity index (χ3v) is 5.65. The number of halogens is 1. The van der Waals surface area contributed by atoms with Gasteiger partial charge in [0, 0.05) is 38.0 Å². The first-order valence-electron chi connectivity index (χ1n) is 9.63. The van der Waals surface area contributed by atoms with Crippen LogP contribution in [-0.4, -0.2) is 57.3 Å². The Labute approximate surface area is 188 Å². The van der Waals surface area contributed by atoms with Crippen molar-refractivity contribution in [1.29, 1.82) is 0 Å². The van der Waals surface area contributed by atoms with Crippen LogP contribution in [0.25, 0.3) is 0 Å². The largest absolute Gasteiger partial charge is 0.357 e. The van der Waals surface area contributed by atoms with Gasteiger partial charge in [0.1, 0.15) is 0 Å². The third kappa shape index (κ3) is 9.09. The fraction of sp³-hybridized carbons (Fsp3) is 0.650. The van der Waals surface area contributed by atoms with Gasteiger partial charge in [0.2, 0.25) is 0 Å². The minimum absolute atomic E-state index is 0. The van der Waals surface area contributed by atoms with E-state index in [0.717, 1.165) is 36.7 Å². The quantitative estimate of drug-likeness (QED) is 0.295. The summed E-state index contributed by atoms with van der Waals surface area (Å²) in [6.07, 6.45) is 1.23. The van der Waals surface area contributed by atoms with Crippen molar-refractivity contribution in [3.8, 4) is 0 Å². The fourth-order valence-electron chi connectivity index (χ4n) is 3.15. The van der Waals surface area contributed by atoms with Crippen LogP contribution >= 0.6 is 24.0 Å². The molecular weight excluding hydrogens is 487 g/mol. The zero-order valence-electron chi connectivity index (χ0n) is 18.2. The van der Waals surface area contributed by atoms with Crippen LogP contribution in [0.15, 0.2) is 28.1 Å². The van der Waals surface area contributed by atoms with Crippen molar-refractivity contribution in [3.05, 3.63) is 29.3 Å². The molecule has 1 aromatic rings. The number of guanidine groups is 1. The average Bonchev–Trinajstić information content (AvgIpc) is 2.54. The molecule has 0 heterocycles. The Kier molecular flexibility index (Phi) is 12.2. The van der Waals surface area contributed by atoms with E-state index in [1.807, 2.05) is 26.0 Å². The number of hydrogen-bond donors (Lipinski definition) is 2. The van der Waals surface area contributed by atoms with Crippen molar-refractivity contribution in [2.24, 2.45) is 4.99 Å². The van der Waals surface area contributed by atoms with Gasteiger partial charge in [-0.1, -0.05) is 12.1 Å². The number of nitrogens with zero attached hydrogens (tertiary/aromatic N) is 2. The lowest BCUT2D eigenvalue weighted by molar-refractivity contribution is 0.178. The van der Waals surface area contributed by atoms with Gasteiger partial charge < -0.3 is 10.6 Å². The summed E-state index contributed by atoms with van der Waals surface area (Å²) < 4.78 is 23.5. The van der Waals surface area contributed by atoms with Gasteiger partial charge >= 0.3 is 0 Å². The molecule has 0 saturated carbocycles. The van der Waals surface area contributed by atoms with E-state index in [1.54, 1.807) is 6.07 Å². The molecule has 0 fully saturated rings. The molecule has 0 spiro atoms. The molecule has 0 bridgehead atoms. The van der Waals surface area contributed by atoms with Crippen molar-refractivity contribution in [3.63, 3.8) is 0 Å². The highest BCUT2D eigenvalue weighted by molar-refractivity contribution is 14.0. The molecule has 0 atom stereocenters. The first-order chi connectivity index (χ1) is 12.6. The lowest BCUT2D eigenvalue weighted by Crippen LogP contribution is -2.45. The monoisotopic (exact) mass is 524 g/mol. The predicted octanol–water partition coefficient (Wildman–Crippen LogP) is 3.19. The van der Waals surface area contributed by atoms with Gasteiger partial charge in [-0.15, -0.1) is 24.0 Å². The van der Waals surface area contributed by atoms with E-state index >= 15 is 0 Å². The van der Waals surface area contributed by atoms with Crippen molar-refractivity contribution < 1.29 is 8.42 Å². The number of hydrogen-bond acceptors (Lipinski definition) is 4. The van der Waals surface area contributed by atoms with E-state index < -0.39 is 9.84 Å². The molecule has 0 amide bonds. The second-order valence-corrected chi connectivity index (χ2v) is 9.40. The summed E-state index contributed by atoms with van der Waals surface area (Å²) in [7, 11) is -3.19. The van der Waals surface area contributed by atoms with E-state index in [9.17, 15) is 8.42 Å². The normalized spacial score (nSPS) is 12.4. The maximum Gasteiger partial charge on any atom is 0.191 e. The maximum absolute atomic E-state index is 11.7. The smallest absolute Gasteiger partial charge is 0.191 e. The molecule has 0 aliphatic rings. The molecule has 2 N–H and O–H groups in total. The molecule has 0 radical (unpaired) electrons. The zero-order valence-corrected chi connectivity index (χ0v) is 21.4. The van der Waals surface area contributed by atoms with Crippen molar-refractivity contribution in [2.45, 2.75) is 65.1 Å². The highest BCUT2D eigenvalue weighted by Gasteiger charge is 2.13. The van der Waals surface area contributed by atoms with Crippen LogP contribution in [0.2, 0.25) is 0 Å². The van der Waals surface area contributed by atoms with Crippen molar-refractivity contribution in [2.75, 3.05) is 25.9 Å². The molecule has 0 unspecified atom stereocenters. The summed E-state index contributed by atoms with van der Waals surface area (Å²) in [5.74, 6) is 0.773. The average molecular weight is 525 g/mol. The Bertz CT molecular complexity index is 726. The van der Waals surface area contributed by atoms with Crippen molar-refractivity contribution in [1.82, 2.24) is 15.5 Å². The van der Waals surface area contributed by atoms with Crippen LogP contribution in [0, 0.1) is 6.92 Å². The van der Waals surface area contributed by atoms with Crippen molar-refractivity contribution >= 4 is 39.8 Å². The van der Waals surface area contributed by atoms with Gasteiger partial charge in [-0.05, 0) is 58.7 Å². The van der Waals surface area contributed by atoms with Crippen LogP contribution < -0.4 is 10.6 Å². The van der Waals surface area contributed by atoms with Crippen LogP contribution in [0.5, 0.6) is 0 Å². The van der Waals surface area contributed by atoms with Crippen LogP contribution in [0.3, 0.4) is 0 Å². The number of aliphatic imine (C=N–C) groups is 1. The Hall–Kier alpha value is -0.870. The summed E-state index contributed by atoms with van der Waals surface area (Å²) in [5.41, 5.74) is 1.75. The van der Waals surface area contributed by atoms with Gasteiger partial charge in [-0.3, -0.25) is 4.90 Å². The predicted molar refractivity (Wildman–Crippen MR) is 130 cm³/mol. The molecule has 1 aromatic carbocycles. The lowest BCUT2D eigenvalue weighted by atomic mass is 10.1. The van der Waals surface area contributed by atoms with Gasteiger partial charge in [0.05, 0.1) is 11.4 Å². The van der Waals surface area contributed by atoms with Gasteiger partial charge in [-0.25, -0.2) is 13.4 Å². The second-order valence-electron chi connectivity index (χ2n) is 7.42. The van der Waals surface area contributed by atoms with E-state index in [4.69, 9.17) is 0 Å². The molecule has 162 valence electrons. The number of rotatable bonds is 9. The lowest BCUT2D eigenvalue weighted by Gasteiger charge is -2.30. The fourth-order valence-corrected chi connectivity index (χ4v) is 4.11. The number of benzene rings is 1. The van der Waals surface area contributed by atoms with Gasteiger partial charge in [0.25, 0.3) is 0 Å². The molecule has 0 saturated heterocycles. The summed E-state index contributed by atoms with van der Waals surface area (Å²) in [4.78, 5) is 7.44. The molecule has 1 rings (SSSR count). The van der Waals surface area contributed by atoms with Gasteiger partial charge in [-0.2, -0.15) is 0 Å². The Morgan fingerprint density at radius 3 is 2.21 bits per heavy atom. The van der Waals surface area contributed by atoms with E-state index in [1.165, 1.54) is 6.26 Å². The second kappa shape index (κ2) is 12.6. The minimum Gasteiger partial charge on any atom is -0.357 e. The Morgan fingerprint density at radius 1 is 1.14 bits per heavy atom. The topological polar surface area (TPSA) is 73.8 Å². The Balaban J connectivity index is 0.00000729. The first kappa shape index (κ1) is 27.1. The minimum atomic E-state index is -3.19. The summed E-state index contributed by atoms with van der Waals surface area (Å²) >= 11 is 0. The number of sulfone groups is 1. The highest BCUT2D eigenvalue weighted by Crippen LogP contribution is 2.17.